The van der Waals surface area contributed by atoms with Gasteiger partial charge in [0, 0.05) is 4.88 Å². The second-order valence-corrected chi connectivity index (χ2v) is 5.07. The molecule has 17 heavy (non-hydrogen) atoms. The molecule has 0 aliphatic heterocycles. The fourth-order valence-electron chi connectivity index (χ4n) is 1.42. The quantitative estimate of drug-likeness (QED) is 0.905. The van der Waals surface area contributed by atoms with Gasteiger partial charge in [0.2, 0.25) is 5.91 Å². The third kappa shape index (κ3) is 3.17. The molecule has 0 aliphatic rings. The summed E-state index contributed by atoms with van der Waals surface area (Å²) in [5.74, 6) is 0.624. The first-order valence-electron chi connectivity index (χ1n) is 5.37. The molecular weight excluding hydrogens is 236 g/mol. The summed E-state index contributed by atoms with van der Waals surface area (Å²) < 4.78 is 5.11. The molecule has 0 spiro atoms. The maximum Gasteiger partial charge on any atom is 0.227 e. The highest BCUT2D eigenvalue weighted by Gasteiger charge is 2.07. The Balaban J connectivity index is 1.84. The number of carbonyl (C=O) groups is 1. The van der Waals surface area contributed by atoms with Crippen molar-refractivity contribution >= 4 is 17.2 Å². The standard InChI is InChI=1S/C12H14N2O2S/c1-8-9(2)17-12(14-8)7-13-11(15)6-10-4-3-5-16-10/h3-5H,6-7H2,1-2H3,(H,13,15). The maximum absolute atomic E-state index is 11.6. The van der Waals surface area contributed by atoms with Crippen LogP contribution in [-0.2, 0) is 17.8 Å². The van der Waals surface area contributed by atoms with Crippen LogP contribution in [0, 0.1) is 13.8 Å². The summed E-state index contributed by atoms with van der Waals surface area (Å²) in [6.45, 7) is 4.49. The first-order valence-corrected chi connectivity index (χ1v) is 6.19. The molecule has 5 heteroatoms. The van der Waals surface area contributed by atoms with E-state index in [1.807, 2.05) is 13.8 Å². The van der Waals surface area contributed by atoms with E-state index in [-0.39, 0.29) is 12.3 Å². The lowest BCUT2D eigenvalue weighted by Crippen LogP contribution is -2.24. The maximum atomic E-state index is 11.6. The van der Waals surface area contributed by atoms with Crippen LogP contribution in [0.15, 0.2) is 22.8 Å². The number of hydrogen-bond donors (Lipinski definition) is 1. The van der Waals surface area contributed by atoms with E-state index < -0.39 is 0 Å². The molecule has 0 radical (unpaired) electrons. The Kier molecular flexibility index (Phi) is 3.58. The summed E-state index contributed by atoms with van der Waals surface area (Å²) >= 11 is 1.62. The van der Waals surface area contributed by atoms with Crippen molar-refractivity contribution in [3.8, 4) is 0 Å². The van der Waals surface area contributed by atoms with Gasteiger partial charge in [0.15, 0.2) is 0 Å². The van der Waals surface area contributed by atoms with Crippen LogP contribution in [0.3, 0.4) is 0 Å². The van der Waals surface area contributed by atoms with Gasteiger partial charge in [-0.15, -0.1) is 11.3 Å². The Morgan fingerprint density at radius 1 is 1.53 bits per heavy atom. The molecule has 0 aromatic carbocycles. The van der Waals surface area contributed by atoms with Crippen LogP contribution in [0.25, 0.3) is 0 Å². The average molecular weight is 250 g/mol. The van der Waals surface area contributed by atoms with Crippen LogP contribution in [0.1, 0.15) is 21.3 Å². The molecule has 2 rings (SSSR count). The van der Waals surface area contributed by atoms with E-state index in [0.29, 0.717) is 12.3 Å². The van der Waals surface area contributed by atoms with E-state index in [2.05, 4.69) is 10.3 Å². The third-order valence-electron chi connectivity index (χ3n) is 2.42. The van der Waals surface area contributed by atoms with E-state index in [0.717, 1.165) is 10.7 Å². The zero-order valence-electron chi connectivity index (χ0n) is 9.82. The number of nitrogens with one attached hydrogen (secondary N) is 1. The number of thiazole rings is 1. The molecule has 0 atom stereocenters. The minimum Gasteiger partial charge on any atom is -0.469 e. The highest BCUT2D eigenvalue weighted by Crippen LogP contribution is 2.15. The molecule has 0 saturated heterocycles. The monoisotopic (exact) mass is 250 g/mol. The highest BCUT2D eigenvalue weighted by molar-refractivity contribution is 7.11. The van der Waals surface area contributed by atoms with Gasteiger partial charge >= 0.3 is 0 Å². The lowest BCUT2D eigenvalue weighted by molar-refractivity contribution is -0.120. The molecule has 0 bridgehead atoms. The smallest absolute Gasteiger partial charge is 0.227 e. The summed E-state index contributed by atoms with van der Waals surface area (Å²) in [6, 6.07) is 3.56. The third-order valence-corrected chi connectivity index (χ3v) is 3.50. The lowest BCUT2D eigenvalue weighted by Gasteiger charge is -2.00. The fraction of sp³-hybridized carbons (Fsp3) is 0.333. The Morgan fingerprint density at radius 2 is 2.35 bits per heavy atom. The van der Waals surface area contributed by atoms with E-state index in [9.17, 15) is 4.79 Å². The number of furan rings is 1. The van der Waals surface area contributed by atoms with E-state index in [1.165, 1.54) is 4.88 Å². The van der Waals surface area contributed by atoms with Crippen molar-refractivity contribution < 1.29 is 9.21 Å². The van der Waals surface area contributed by atoms with Crippen molar-refractivity contribution in [1.29, 1.82) is 0 Å². The molecule has 0 fully saturated rings. The van der Waals surface area contributed by atoms with Gasteiger partial charge < -0.3 is 9.73 Å². The molecular formula is C12H14N2O2S. The summed E-state index contributed by atoms with van der Waals surface area (Å²) in [7, 11) is 0. The molecule has 0 saturated carbocycles. The summed E-state index contributed by atoms with van der Waals surface area (Å²) in [4.78, 5) is 17.1. The number of hydrogen-bond acceptors (Lipinski definition) is 4. The average Bonchev–Trinajstić information content (AvgIpc) is 2.87. The zero-order valence-corrected chi connectivity index (χ0v) is 10.6. The lowest BCUT2D eigenvalue weighted by atomic mass is 10.3. The van der Waals surface area contributed by atoms with Gasteiger partial charge in [-0.25, -0.2) is 4.98 Å². The van der Waals surface area contributed by atoms with Gasteiger partial charge in [0.1, 0.15) is 10.8 Å². The van der Waals surface area contributed by atoms with Crippen molar-refractivity contribution in [2.75, 3.05) is 0 Å². The highest BCUT2D eigenvalue weighted by atomic mass is 32.1. The van der Waals surface area contributed by atoms with Gasteiger partial charge in [0.25, 0.3) is 0 Å². The van der Waals surface area contributed by atoms with Crippen LogP contribution < -0.4 is 5.32 Å². The van der Waals surface area contributed by atoms with Crippen LogP contribution in [0.5, 0.6) is 0 Å². The Hall–Kier alpha value is -1.62. The fourth-order valence-corrected chi connectivity index (χ4v) is 2.30. The zero-order chi connectivity index (χ0) is 12.3. The Morgan fingerprint density at radius 3 is 2.94 bits per heavy atom. The van der Waals surface area contributed by atoms with Crippen LogP contribution in [0.2, 0.25) is 0 Å². The van der Waals surface area contributed by atoms with Crippen molar-refractivity contribution in [3.63, 3.8) is 0 Å². The molecule has 2 aromatic heterocycles. The van der Waals surface area contributed by atoms with Crippen molar-refractivity contribution in [1.82, 2.24) is 10.3 Å². The Bertz CT molecular complexity index is 483. The Labute approximate surface area is 104 Å². The van der Waals surface area contributed by atoms with Gasteiger partial charge in [-0.1, -0.05) is 0 Å². The van der Waals surface area contributed by atoms with E-state index in [1.54, 1.807) is 29.7 Å². The van der Waals surface area contributed by atoms with Crippen molar-refractivity contribution in [2.45, 2.75) is 26.8 Å². The minimum atomic E-state index is -0.0505. The molecule has 1 amide bonds. The summed E-state index contributed by atoms with van der Waals surface area (Å²) in [5.41, 5.74) is 1.03. The first kappa shape index (κ1) is 11.9. The second kappa shape index (κ2) is 5.14. The van der Waals surface area contributed by atoms with Crippen LogP contribution in [-0.4, -0.2) is 10.9 Å². The largest absolute Gasteiger partial charge is 0.469 e. The number of rotatable bonds is 4. The molecule has 2 heterocycles. The van der Waals surface area contributed by atoms with Crippen molar-refractivity contribution in [2.24, 2.45) is 0 Å². The molecule has 1 N–H and O–H groups in total. The van der Waals surface area contributed by atoms with Gasteiger partial charge in [0.05, 0.1) is 24.9 Å². The predicted molar refractivity (Wildman–Crippen MR) is 65.8 cm³/mol. The number of carbonyl (C=O) groups excluding carboxylic acids is 1. The predicted octanol–water partition coefficient (Wildman–Crippen LogP) is 2.21. The molecule has 4 nitrogen and oxygen atoms in total. The molecule has 0 aliphatic carbocycles. The number of amides is 1. The first-order chi connectivity index (χ1) is 8.15. The van der Waals surface area contributed by atoms with E-state index >= 15 is 0 Å². The number of aryl methyl sites for hydroxylation is 2. The summed E-state index contributed by atoms with van der Waals surface area (Å²) in [5, 5.41) is 3.76. The second-order valence-electron chi connectivity index (χ2n) is 3.78. The van der Waals surface area contributed by atoms with Gasteiger partial charge in [-0.3, -0.25) is 4.79 Å². The van der Waals surface area contributed by atoms with Crippen molar-refractivity contribution in [3.05, 3.63) is 39.7 Å². The topological polar surface area (TPSA) is 55.1 Å². The molecule has 90 valence electrons. The van der Waals surface area contributed by atoms with Gasteiger partial charge in [-0.05, 0) is 26.0 Å². The van der Waals surface area contributed by atoms with Crippen LogP contribution in [0.4, 0.5) is 0 Å². The minimum absolute atomic E-state index is 0.0505. The van der Waals surface area contributed by atoms with E-state index in [4.69, 9.17) is 4.42 Å². The molecule has 0 unspecified atom stereocenters. The SMILES string of the molecule is Cc1nc(CNC(=O)Cc2ccco2)sc1C. The molecule has 2 aromatic rings. The number of aromatic nitrogens is 1. The van der Waals surface area contributed by atoms with Gasteiger partial charge in [-0.2, -0.15) is 0 Å². The van der Waals surface area contributed by atoms with Crippen LogP contribution >= 0.6 is 11.3 Å². The normalized spacial score (nSPS) is 10.5. The summed E-state index contributed by atoms with van der Waals surface area (Å²) in [6.07, 6.45) is 1.84. The number of nitrogens with zero attached hydrogens (tertiary/aromatic N) is 1.